The highest BCUT2D eigenvalue weighted by Gasteiger charge is 2.03. The number of halogens is 1. The molecule has 0 aliphatic heterocycles. The second-order valence-electron chi connectivity index (χ2n) is 2.63. The highest BCUT2D eigenvalue weighted by atomic mass is 79.9. The highest BCUT2D eigenvalue weighted by Crippen LogP contribution is 2.24. The van der Waals surface area contributed by atoms with Gasteiger partial charge < -0.3 is 0 Å². The predicted molar refractivity (Wildman–Crippen MR) is 54.8 cm³/mol. The highest BCUT2D eigenvalue weighted by molar-refractivity contribution is 9.09. The molecule has 1 heterocycles. The van der Waals surface area contributed by atoms with Crippen LogP contribution >= 0.6 is 27.7 Å². The summed E-state index contributed by atoms with van der Waals surface area (Å²) in [5.41, 5.74) is 3.22. The van der Waals surface area contributed by atoms with Crippen LogP contribution in [0, 0.1) is 0 Å². The average Bonchev–Trinajstić information content (AvgIpc) is 2.49. The number of rotatable bonds is 1. The van der Waals surface area contributed by atoms with E-state index in [1.165, 1.54) is 17.3 Å². The number of fused-ring (bicyclic) bond motifs is 1. The van der Waals surface area contributed by atoms with E-state index in [0.29, 0.717) is 4.83 Å². The van der Waals surface area contributed by atoms with Gasteiger partial charge in [0.15, 0.2) is 0 Å². The quantitative estimate of drug-likeness (QED) is 0.719. The molecule has 2 rings (SSSR count). The Morgan fingerprint density at radius 2 is 2.08 bits per heavy atom. The molecule has 0 bridgehead atoms. The minimum Gasteiger partial charge on any atom is -0.173 e. The molecule has 0 radical (unpaired) electrons. The van der Waals surface area contributed by atoms with Crippen molar-refractivity contribution < 1.29 is 0 Å². The zero-order valence-corrected chi connectivity index (χ0v) is 8.89. The largest absolute Gasteiger partial charge is 0.173 e. The normalized spacial score (nSPS) is 13.5. The summed E-state index contributed by atoms with van der Waals surface area (Å²) < 4.78 is 8.31. The van der Waals surface area contributed by atoms with Gasteiger partial charge in [-0.25, -0.2) is 0 Å². The fourth-order valence-corrected chi connectivity index (χ4v) is 1.85. The first-order chi connectivity index (χ1) is 5.77. The van der Waals surface area contributed by atoms with E-state index in [4.69, 9.17) is 0 Å². The summed E-state index contributed by atoms with van der Waals surface area (Å²) >= 11 is 4.77. The Morgan fingerprint density at radius 3 is 2.83 bits per heavy atom. The van der Waals surface area contributed by atoms with Crippen molar-refractivity contribution in [3.8, 4) is 0 Å². The van der Waals surface area contributed by atoms with Crippen LogP contribution in [0.4, 0.5) is 0 Å². The first-order valence-electron chi connectivity index (χ1n) is 3.63. The van der Waals surface area contributed by atoms with Crippen molar-refractivity contribution in [1.29, 1.82) is 0 Å². The average molecular weight is 243 g/mol. The summed E-state index contributed by atoms with van der Waals surface area (Å²) in [6, 6.07) is 6.15. The molecule has 0 amide bonds. The number of hydrogen-bond donors (Lipinski definition) is 0. The molecule has 1 unspecified atom stereocenters. The van der Waals surface area contributed by atoms with Crippen LogP contribution in [-0.2, 0) is 0 Å². The number of nitrogens with zero attached hydrogens (tertiary/aromatic N) is 2. The molecule has 0 aliphatic rings. The maximum absolute atomic E-state index is 4.17. The van der Waals surface area contributed by atoms with Gasteiger partial charge in [0.2, 0.25) is 0 Å². The molecule has 0 N–H and O–H groups in total. The molecular formula is C8H7BrN2S. The van der Waals surface area contributed by atoms with Crippen molar-refractivity contribution in [2.24, 2.45) is 0 Å². The molecule has 2 nitrogen and oxygen atoms in total. The molecule has 2 aromatic rings. The molecule has 1 aromatic heterocycles. The third kappa shape index (κ3) is 1.36. The minimum atomic E-state index is 0.378. The second kappa shape index (κ2) is 3.11. The van der Waals surface area contributed by atoms with E-state index in [1.54, 1.807) is 0 Å². The third-order valence-electron chi connectivity index (χ3n) is 1.74. The third-order valence-corrected chi connectivity index (χ3v) is 2.82. The lowest BCUT2D eigenvalue weighted by atomic mass is 10.1. The first kappa shape index (κ1) is 8.13. The monoisotopic (exact) mass is 242 g/mol. The maximum Gasteiger partial charge on any atom is 0.105 e. The van der Waals surface area contributed by atoms with Gasteiger partial charge in [0, 0.05) is 4.83 Å². The molecule has 0 spiro atoms. The number of alkyl halides is 1. The van der Waals surface area contributed by atoms with Crippen LogP contribution in [0.5, 0.6) is 0 Å². The van der Waals surface area contributed by atoms with Crippen LogP contribution < -0.4 is 0 Å². The molecule has 1 aromatic carbocycles. The van der Waals surface area contributed by atoms with Gasteiger partial charge >= 0.3 is 0 Å². The second-order valence-corrected chi connectivity index (χ2v) is 4.53. The molecule has 4 heteroatoms. The van der Waals surface area contributed by atoms with Crippen LogP contribution in [0.2, 0.25) is 0 Å². The predicted octanol–water partition coefficient (Wildman–Crippen LogP) is 3.15. The molecule has 1 atom stereocenters. The van der Waals surface area contributed by atoms with Crippen molar-refractivity contribution in [1.82, 2.24) is 8.75 Å². The number of hydrogen-bond acceptors (Lipinski definition) is 3. The SMILES string of the molecule is CC(Br)c1ccc2nsnc2c1. The zero-order chi connectivity index (χ0) is 8.55. The van der Waals surface area contributed by atoms with Crippen molar-refractivity contribution in [3.05, 3.63) is 23.8 Å². The molecule has 0 fully saturated rings. The Morgan fingerprint density at radius 1 is 1.33 bits per heavy atom. The fraction of sp³-hybridized carbons (Fsp3) is 0.250. The molecule has 0 saturated heterocycles. The molecule has 62 valence electrons. The van der Waals surface area contributed by atoms with E-state index in [1.807, 2.05) is 6.07 Å². The number of aromatic nitrogens is 2. The summed E-state index contributed by atoms with van der Waals surface area (Å²) in [5, 5.41) is 0. The van der Waals surface area contributed by atoms with E-state index in [-0.39, 0.29) is 0 Å². The number of benzene rings is 1. The van der Waals surface area contributed by atoms with Crippen LogP contribution in [0.15, 0.2) is 18.2 Å². The van der Waals surface area contributed by atoms with Gasteiger partial charge in [-0.1, -0.05) is 22.0 Å². The minimum absolute atomic E-state index is 0.378. The van der Waals surface area contributed by atoms with E-state index >= 15 is 0 Å². The van der Waals surface area contributed by atoms with Crippen LogP contribution in [0.3, 0.4) is 0 Å². The molecule has 12 heavy (non-hydrogen) atoms. The summed E-state index contributed by atoms with van der Waals surface area (Å²) in [6.07, 6.45) is 0. The van der Waals surface area contributed by atoms with Crippen molar-refractivity contribution in [2.75, 3.05) is 0 Å². The van der Waals surface area contributed by atoms with E-state index < -0.39 is 0 Å². The van der Waals surface area contributed by atoms with E-state index in [9.17, 15) is 0 Å². The summed E-state index contributed by atoms with van der Waals surface area (Å²) in [4.78, 5) is 0.378. The zero-order valence-electron chi connectivity index (χ0n) is 6.49. The van der Waals surface area contributed by atoms with Crippen LogP contribution in [-0.4, -0.2) is 8.75 Å². The van der Waals surface area contributed by atoms with Gasteiger partial charge in [0.1, 0.15) is 11.0 Å². The lowest BCUT2D eigenvalue weighted by Crippen LogP contribution is -1.82. The van der Waals surface area contributed by atoms with Crippen LogP contribution in [0.25, 0.3) is 11.0 Å². The molecular weight excluding hydrogens is 236 g/mol. The van der Waals surface area contributed by atoms with Crippen LogP contribution in [0.1, 0.15) is 17.3 Å². The van der Waals surface area contributed by atoms with Crippen molar-refractivity contribution in [2.45, 2.75) is 11.8 Å². The Balaban J connectivity index is 2.60. The first-order valence-corrected chi connectivity index (χ1v) is 5.28. The van der Waals surface area contributed by atoms with Crippen molar-refractivity contribution in [3.63, 3.8) is 0 Å². The topological polar surface area (TPSA) is 25.8 Å². The Labute approximate surface area is 83.1 Å². The maximum atomic E-state index is 4.17. The summed E-state index contributed by atoms with van der Waals surface area (Å²) in [7, 11) is 0. The Hall–Kier alpha value is -0.480. The lowest BCUT2D eigenvalue weighted by molar-refractivity contribution is 1.13. The standard InChI is InChI=1S/C8H7BrN2S/c1-5(9)6-2-3-7-8(4-6)11-12-10-7/h2-5H,1H3. The van der Waals surface area contributed by atoms with Gasteiger partial charge in [0.25, 0.3) is 0 Å². The Kier molecular flexibility index (Phi) is 2.11. The van der Waals surface area contributed by atoms with E-state index in [2.05, 4.69) is 43.7 Å². The van der Waals surface area contributed by atoms with Gasteiger partial charge in [-0.3, -0.25) is 0 Å². The van der Waals surface area contributed by atoms with Gasteiger partial charge in [-0.05, 0) is 24.6 Å². The van der Waals surface area contributed by atoms with Gasteiger partial charge in [-0.15, -0.1) is 0 Å². The smallest absolute Gasteiger partial charge is 0.105 e. The Bertz CT molecular complexity index is 397. The van der Waals surface area contributed by atoms with Crippen molar-refractivity contribution >= 4 is 38.7 Å². The summed E-state index contributed by atoms with van der Waals surface area (Å²) in [6.45, 7) is 2.10. The summed E-state index contributed by atoms with van der Waals surface area (Å²) in [5.74, 6) is 0. The van der Waals surface area contributed by atoms with Gasteiger partial charge in [-0.2, -0.15) is 8.75 Å². The molecule has 0 aliphatic carbocycles. The van der Waals surface area contributed by atoms with E-state index in [0.717, 1.165) is 11.0 Å². The molecule has 0 saturated carbocycles. The lowest BCUT2D eigenvalue weighted by Gasteiger charge is -2.01. The fourth-order valence-electron chi connectivity index (χ4n) is 1.05. The van der Waals surface area contributed by atoms with Gasteiger partial charge in [0.05, 0.1) is 11.7 Å².